The number of aliphatic carboxylic acids is 3. The zero-order valence-electron chi connectivity index (χ0n) is 34.8. The summed E-state index contributed by atoms with van der Waals surface area (Å²) in [6.07, 6.45) is 4.58. The molecule has 0 fully saturated rings. The van der Waals surface area contributed by atoms with Crippen LogP contribution in [0.3, 0.4) is 0 Å². The number of hydrogen-bond acceptors (Lipinski definition) is 9. The summed E-state index contributed by atoms with van der Waals surface area (Å²) in [6.45, 7) is 17.0. The van der Waals surface area contributed by atoms with Gasteiger partial charge in [0.05, 0.1) is 23.4 Å². The Morgan fingerprint density at radius 2 is 1.46 bits per heavy atom. The van der Waals surface area contributed by atoms with E-state index in [1.165, 1.54) is 19.2 Å². The lowest BCUT2D eigenvalue weighted by Crippen LogP contribution is -2.79. The number of carbonyl (C=O) groups excluding carboxylic acids is 2. The standard InChI is InChI=1S/C43H57N5O9/c1-13-22-48(24-26-14-20-31-29(23-26)34(50)46-25(2)45-31)28-17-15-27(16-18-28)35(51)47(12)42(38(56)57,32(49)21-19-30(44)36(52)53)43(40(6,7)8,41(9,10)11)33(37(54)55)39(3,4)5/h1,14-18,20,23,30,33H,19,21-22,24,44H2,2-12H3,(H,52,53)(H,54,55)(H,56,57)(H,45,46,50)/t30-,33?,42+/m0/s1. The Morgan fingerprint density at radius 3 is 1.91 bits per heavy atom. The van der Waals surface area contributed by atoms with Gasteiger partial charge in [0, 0.05) is 36.7 Å². The van der Waals surface area contributed by atoms with E-state index in [2.05, 4.69) is 15.9 Å². The van der Waals surface area contributed by atoms with E-state index >= 15 is 4.79 Å². The van der Waals surface area contributed by atoms with Crippen LogP contribution < -0.4 is 16.2 Å². The number of nitrogens with one attached hydrogen (secondary N) is 1. The molecule has 14 nitrogen and oxygen atoms in total. The van der Waals surface area contributed by atoms with Gasteiger partial charge in [0.2, 0.25) is 5.54 Å². The number of hydrogen-bond donors (Lipinski definition) is 5. The maximum absolute atomic E-state index is 15.0. The topological polar surface area (TPSA) is 224 Å². The molecule has 3 atom stereocenters. The number of H-pyrrole nitrogens is 1. The number of anilines is 1. The van der Waals surface area contributed by atoms with Gasteiger partial charge in [-0.15, -0.1) is 6.42 Å². The lowest BCUT2D eigenvalue weighted by atomic mass is 9.37. The van der Waals surface area contributed by atoms with E-state index in [-0.39, 0.29) is 24.2 Å². The van der Waals surface area contributed by atoms with Crippen molar-refractivity contribution in [3.63, 3.8) is 0 Å². The molecule has 3 aromatic rings. The number of nitrogens with zero attached hydrogens (tertiary/aromatic N) is 3. The van der Waals surface area contributed by atoms with Crippen LogP contribution in [0.4, 0.5) is 5.69 Å². The zero-order chi connectivity index (χ0) is 43.6. The minimum Gasteiger partial charge on any atom is -0.481 e. The third-order valence-electron chi connectivity index (χ3n) is 11.0. The van der Waals surface area contributed by atoms with Crippen LogP contribution in [0.2, 0.25) is 0 Å². The molecule has 1 amide bonds. The molecule has 0 saturated carbocycles. The Bertz CT molecular complexity index is 2120. The largest absolute Gasteiger partial charge is 0.481 e. The van der Waals surface area contributed by atoms with E-state index in [1.807, 2.05) is 11.0 Å². The number of carboxylic acids is 3. The van der Waals surface area contributed by atoms with Crippen LogP contribution in [0.5, 0.6) is 0 Å². The predicted octanol–water partition coefficient (Wildman–Crippen LogP) is 5.35. The number of aryl methyl sites for hydroxylation is 1. The summed E-state index contributed by atoms with van der Waals surface area (Å²) in [7, 11) is 1.18. The third-order valence-corrected chi connectivity index (χ3v) is 11.0. The minimum absolute atomic E-state index is 0.0133. The summed E-state index contributed by atoms with van der Waals surface area (Å²) in [5.41, 5.74) is -1.38. The summed E-state index contributed by atoms with van der Waals surface area (Å²) in [4.78, 5) is 91.9. The van der Waals surface area contributed by atoms with Gasteiger partial charge in [-0.3, -0.25) is 24.0 Å². The molecule has 0 aliphatic rings. The molecule has 1 unspecified atom stereocenters. The molecule has 0 radical (unpaired) electrons. The van der Waals surface area contributed by atoms with Crippen LogP contribution in [-0.2, 0) is 25.7 Å². The first kappa shape index (κ1) is 45.8. The Labute approximate surface area is 333 Å². The van der Waals surface area contributed by atoms with Crippen LogP contribution in [0.1, 0.15) is 96.9 Å². The fourth-order valence-electron chi connectivity index (χ4n) is 9.32. The van der Waals surface area contributed by atoms with Gasteiger partial charge in [0.1, 0.15) is 11.9 Å². The first-order valence-corrected chi connectivity index (χ1v) is 18.6. The van der Waals surface area contributed by atoms with Crippen molar-refractivity contribution >= 4 is 46.2 Å². The van der Waals surface area contributed by atoms with Crippen LogP contribution in [0.15, 0.2) is 47.3 Å². The van der Waals surface area contributed by atoms with Gasteiger partial charge in [0.15, 0.2) is 5.78 Å². The molecule has 14 heteroatoms. The smallest absolute Gasteiger partial charge is 0.338 e. The summed E-state index contributed by atoms with van der Waals surface area (Å²) < 4.78 is 0. The Hall–Kier alpha value is -5.55. The number of benzene rings is 2. The number of Topliss-reactive ketones (excluding diaryl/α,β-unsaturated/α-hetero) is 1. The highest BCUT2D eigenvalue weighted by Gasteiger charge is 2.77. The molecule has 0 spiro atoms. The van der Waals surface area contributed by atoms with Crippen molar-refractivity contribution < 1.29 is 39.3 Å². The number of rotatable bonds is 15. The van der Waals surface area contributed by atoms with E-state index < -0.39 is 81.6 Å². The molecule has 0 saturated heterocycles. The summed E-state index contributed by atoms with van der Waals surface area (Å²) in [5, 5.41) is 32.6. The van der Waals surface area contributed by atoms with Gasteiger partial charge in [-0.1, -0.05) is 74.3 Å². The Morgan fingerprint density at radius 1 is 0.895 bits per heavy atom. The van der Waals surface area contributed by atoms with Crippen LogP contribution >= 0.6 is 0 Å². The monoisotopic (exact) mass is 787 g/mol. The van der Waals surface area contributed by atoms with E-state index in [9.17, 15) is 39.3 Å². The number of likely N-dealkylation sites (N-methyl/N-ethyl adjacent to an activating group) is 1. The van der Waals surface area contributed by atoms with Crippen LogP contribution in [-0.4, -0.2) is 85.0 Å². The number of terminal acetylenes is 1. The van der Waals surface area contributed by atoms with Gasteiger partial charge in [-0.25, -0.2) is 9.78 Å². The highest BCUT2D eigenvalue weighted by molar-refractivity contribution is 6.14. The molecule has 57 heavy (non-hydrogen) atoms. The molecule has 0 aliphatic heterocycles. The van der Waals surface area contributed by atoms with Crippen molar-refractivity contribution in [2.24, 2.45) is 33.3 Å². The molecule has 0 bridgehead atoms. The Kier molecular flexibility index (Phi) is 13.3. The fraction of sp³-hybridized carbons (Fsp3) is 0.512. The molecule has 3 rings (SSSR count). The normalized spacial score (nSPS) is 14.5. The molecule has 6 N–H and O–H groups in total. The number of carboxylic acid groups (broad SMARTS) is 3. The lowest BCUT2D eigenvalue weighted by molar-refractivity contribution is -0.222. The van der Waals surface area contributed by atoms with E-state index in [0.717, 1.165) is 10.5 Å². The number of amides is 1. The van der Waals surface area contributed by atoms with E-state index in [0.29, 0.717) is 22.4 Å². The molecular weight excluding hydrogens is 730 g/mol. The average Bonchev–Trinajstić information content (AvgIpc) is 3.08. The summed E-state index contributed by atoms with van der Waals surface area (Å²) in [6, 6.07) is 9.91. The summed E-state index contributed by atoms with van der Waals surface area (Å²) >= 11 is 0. The molecule has 308 valence electrons. The quantitative estimate of drug-likeness (QED) is 0.0971. The summed E-state index contributed by atoms with van der Waals surface area (Å²) in [5.74, 6) is -4.94. The second-order valence-electron chi connectivity index (χ2n) is 17.8. The molecule has 1 heterocycles. The molecule has 2 aromatic carbocycles. The van der Waals surface area contributed by atoms with Gasteiger partial charge >= 0.3 is 17.9 Å². The SMILES string of the molecule is C#CCN(Cc1ccc2nc(C)[nH]c(=O)c2c1)c1ccc(C(=O)N(C)[C@@](C(=O)O)(C(=O)CC[C@H](N)C(=O)O)C(C(C(=O)O)C(C)(C)C)(C(C)(C)C)C(C)(C)C)cc1. The van der Waals surface area contributed by atoms with E-state index in [4.69, 9.17) is 12.2 Å². The van der Waals surface area contributed by atoms with Crippen LogP contribution in [0, 0.1) is 46.8 Å². The first-order chi connectivity index (χ1) is 26.1. The van der Waals surface area contributed by atoms with Gasteiger partial charge in [0.25, 0.3) is 11.5 Å². The van der Waals surface area contributed by atoms with Crippen molar-refractivity contribution in [1.82, 2.24) is 14.9 Å². The highest BCUT2D eigenvalue weighted by Crippen LogP contribution is 2.67. The number of fused-ring (bicyclic) bond motifs is 1. The Balaban J connectivity index is 2.30. The predicted molar refractivity (Wildman–Crippen MR) is 218 cm³/mol. The van der Waals surface area contributed by atoms with Crippen molar-refractivity contribution in [3.05, 3.63) is 69.8 Å². The second kappa shape index (κ2) is 16.5. The number of carbonyl (C=O) groups is 5. The lowest BCUT2D eigenvalue weighted by Gasteiger charge is -2.67. The fourth-order valence-corrected chi connectivity index (χ4v) is 9.32. The third kappa shape index (κ3) is 8.44. The number of aromatic nitrogens is 2. The maximum Gasteiger partial charge on any atom is 0.338 e. The first-order valence-electron chi connectivity index (χ1n) is 18.6. The molecule has 0 aliphatic carbocycles. The molecular formula is C43H57N5O9. The minimum atomic E-state index is -2.88. The maximum atomic E-state index is 15.0. The van der Waals surface area contributed by atoms with Crippen molar-refractivity contribution in [2.45, 2.75) is 100 Å². The molecule has 1 aromatic heterocycles. The van der Waals surface area contributed by atoms with Crippen molar-refractivity contribution in [3.8, 4) is 12.3 Å². The number of nitrogens with two attached hydrogens (primary N) is 1. The number of ketones is 1. The van der Waals surface area contributed by atoms with Gasteiger partial charge in [-0.2, -0.15) is 0 Å². The van der Waals surface area contributed by atoms with Gasteiger partial charge in [-0.05, 0) is 71.6 Å². The van der Waals surface area contributed by atoms with Crippen LogP contribution in [0.25, 0.3) is 10.9 Å². The highest BCUT2D eigenvalue weighted by atomic mass is 16.4. The van der Waals surface area contributed by atoms with Crippen molar-refractivity contribution in [1.29, 1.82) is 0 Å². The van der Waals surface area contributed by atoms with E-state index in [1.54, 1.807) is 93.5 Å². The zero-order valence-corrected chi connectivity index (χ0v) is 34.8. The second-order valence-corrected chi connectivity index (χ2v) is 17.8. The van der Waals surface area contributed by atoms with Crippen molar-refractivity contribution in [2.75, 3.05) is 18.5 Å². The number of aromatic amines is 1. The van der Waals surface area contributed by atoms with Gasteiger partial charge < -0.3 is 35.8 Å². The average molecular weight is 788 g/mol.